The molecule has 1 heterocycles. The molecule has 0 aromatic carbocycles. The SMILES string of the molecule is CCCc1cccnc1NC=C(C#N)C(=O)OCC. The Morgan fingerprint density at radius 1 is 1.58 bits per heavy atom. The Balaban J connectivity index is 2.84. The van der Waals surface area contributed by atoms with Crippen LogP contribution in [0.15, 0.2) is 30.1 Å². The van der Waals surface area contributed by atoms with Crippen LogP contribution < -0.4 is 5.32 Å². The molecule has 0 saturated carbocycles. The third-order valence-corrected chi connectivity index (χ3v) is 2.38. The molecule has 1 rings (SSSR count). The lowest BCUT2D eigenvalue weighted by molar-refractivity contribution is -0.138. The van der Waals surface area contributed by atoms with Gasteiger partial charge in [0.1, 0.15) is 11.9 Å². The summed E-state index contributed by atoms with van der Waals surface area (Å²) in [6.07, 6.45) is 4.86. The average Bonchev–Trinajstić information content (AvgIpc) is 2.42. The van der Waals surface area contributed by atoms with E-state index in [1.807, 2.05) is 12.1 Å². The van der Waals surface area contributed by atoms with Crippen LogP contribution in [0, 0.1) is 11.3 Å². The molecular weight excluding hydrogens is 242 g/mol. The van der Waals surface area contributed by atoms with Crippen LogP contribution >= 0.6 is 0 Å². The van der Waals surface area contributed by atoms with Crippen LogP contribution in [0.5, 0.6) is 0 Å². The lowest BCUT2D eigenvalue weighted by Crippen LogP contribution is -2.08. The van der Waals surface area contributed by atoms with Gasteiger partial charge in [-0.15, -0.1) is 0 Å². The fourth-order valence-corrected chi connectivity index (χ4v) is 1.53. The monoisotopic (exact) mass is 259 g/mol. The van der Waals surface area contributed by atoms with Gasteiger partial charge in [0.05, 0.1) is 6.61 Å². The summed E-state index contributed by atoms with van der Waals surface area (Å²) >= 11 is 0. The van der Waals surface area contributed by atoms with Crippen molar-refractivity contribution in [2.75, 3.05) is 11.9 Å². The Bertz CT molecular complexity index is 504. The summed E-state index contributed by atoms with van der Waals surface area (Å²) in [5, 5.41) is 11.8. The minimum absolute atomic E-state index is 0.0741. The number of pyridine rings is 1. The first kappa shape index (κ1) is 14.7. The molecule has 0 aliphatic heterocycles. The zero-order valence-electron chi connectivity index (χ0n) is 11.1. The second-order valence-electron chi connectivity index (χ2n) is 3.80. The number of carbonyl (C=O) groups excluding carboxylic acids is 1. The highest BCUT2D eigenvalue weighted by Crippen LogP contribution is 2.14. The van der Waals surface area contributed by atoms with Gasteiger partial charge in [0.15, 0.2) is 5.57 Å². The number of hydrogen-bond donors (Lipinski definition) is 1. The van der Waals surface area contributed by atoms with Crippen molar-refractivity contribution in [2.45, 2.75) is 26.7 Å². The van der Waals surface area contributed by atoms with Gasteiger partial charge in [0, 0.05) is 12.4 Å². The molecule has 5 nitrogen and oxygen atoms in total. The molecule has 0 radical (unpaired) electrons. The number of hydrogen-bond acceptors (Lipinski definition) is 5. The largest absolute Gasteiger partial charge is 0.462 e. The number of nitrogens with zero attached hydrogens (tertiary/aromatic N) is 2. The summed E-state index contributed by atoms with van der Waals surface area (Å²) in [4.78, 5) is 15.6. The van der Waals surface area contributed by atoms with Gasteiger partial charge in [0.2, 0.25) is 0 Å². The predicted molar refractivity (Wildman–Crippen MR) is 72.2 cm³/mol. The van der Waals surface area contributed by atoms with Gasteiger partial charge in [-0.2, -0.15) is 5.26 Å². The van der Waals surface area contributed by atoms with E-state index in [1.165, 1.54) is 6.20 Å². The molecule has 0 saturated heterocycles. The second-order valence-corrected chi connectivity index (χ2v) is 3.80. The Hall–Kier alpha value is -2.35. The molecule has 100 valence electrons. The Kier molecular flexibility index (Phi) is 6.10. The van der Waals surface area contributed by atoms with Gasteiger partial charge < -0.3 is 10.1 Å². The normalized spacial score (nSPS) is 10.7. The number of ether oxygens (including phenoxy) is 1. The molecule has 0 unspecified atom stereocenters. The zero-order chi connectivity index (χ0) is 14.1. The fourth-order valence-electron chi connectivity index (χ4n) is 1.53. The summed E-state index contributed by atoms with van der Waals surface area (Å²) in [7, 11) is 0. The predicted octanol–water partition coefficient (Wildman–Crippen LogP) is 2.42. The second kappa shape index (κ2) is 7.88. The Labute approximate surface area is 112 Å². The molecule has 0 aliphatic rings. The average molecular weight is 259 g/mol. The Morgan fingerprint density at radius 2 is 2.37 bits per heavy atom. The van der Waals surface area contributed by atoms with Crippen molar-refractivity contribution in [3.05, 3.63) is 35.7 Å². The standard InChI is InChI=1S/C14H17N3O2/c1-3-6-11-7-5-8-16-13(11)17-10-12(9-15)14(18)19-4-2/h5,7-8,10H,3-4,6H2,1-2H3,(H,16,17). The first-order chi connectivity index (χ1) is 9.22. The highest BCUT2D eigenvalue weighted by molar-refractivity contribution is 5.93. The van der Waals surface area contributed by atoms with Crippen LogP contribution in [0.3, 0.4) is 0 Å². The molecule has 0 aliphatic carbocycles. The molecule has 0 amide bonds. The van der Waals surface area contributed by atoms with E-state index in [4.69, 9.17) is 10.00 Å². The molecule has 5 heteroatoms. The lowest BCUT2D eigenvalue weighted by atomic mass is 10.1. The maximum Gasteiger partial charge on any atom is 0.350 e. The van der Waals surface area contributed by atoms with E-state index in [-0.39, 0.29) is 12.2 Å². The maximum absolute atomic E-state index is 11.4. The summed E-state index contributed by atoms with van der Waals surface area (Å²) in [6.45, 7) is 4.01. The number of aromatic nitrogens is 1. The van der Waals surface area contributed by atoms with Gasteiger partial charge in [-0.1, -0.05) is 19.4 Å². The molecular formula is C14H17N3O2. The quantitative estimate of drug-likeness (QED) is 0.482. The van der Waals surface area contributed by atoms with Gasteiger partial charge >= 0.3 is 5.97 Å². The third-order valence-electron chi connectivity index (χ3n) is 2.38. The molecule has 0 atom stereocenters. The van der Waals surface area contributed by atoms with E-state index < -0.39 is 5.97 Å². The van der Waals surface area contributed by atoms with Crippen LogP contribution in [0.25, 0.3) is 0 Å². The first-order valence-electron chi connectivity index (χ1n) is 6.20. The highest BCUT2D eigenvalue weighted by Gasteiger charge is 2.09. The number of rotatable bonds is 6. The summed E-state index contributed by atoms with van der Waals surface area (Å²) in [5.74, 6) is 0.0203. The van der Waals surface area contributed by atoms with Crippen molar-refractivity contribution in [3.63, 3.8) is 0 Å². The van der Waals surface area contributed by atoms with E-state index in [9.17, 15) is 4.79 Å². The lowest BCUT2D eigenvalue weighted by Gasteiger charge is -2.07. The number of aryl methyl sites for hydroxylation is 1. The van der Waals surface area contributed by atoms with E-state index in [1.54, 1.807) is 19.2 Å². The summed E-state index contributed by atoms with van der Waals surface area (Å²) < 4.78 is 4.77. The zero-order valence-corrected chi connectivity index (χ0v) is 11.1. The Morgan fingerprint density at radius 3 is 3.00 bits per heavy atom. The number of nitriles is 1. The van der Waals surface area contributed by atoms with Crippen molar-refractivity contribution < 1.29 is 9.53 Å². The van der Waals surface area contributed by atoms with Crippen LogP contribution in [0.2, 0.25) is 0 Å². The molecule has 19 heavy (non-hydrogen) atoms. The summed E-state index contributed by atoms with van der Waals surface area (Å²) in [6, 6.07) is 5.62. The molecule has 1 N–H and O–H groups in total. The first-order valence-corrected chi connectivity index (χ1v) is 6.20. The van der Waals surface area contributed by atoms with Gasteiger partial charge in [-0.25, -0.2) is 9.78 Å². The molecule has 0 bridgehead atoms. The molecule has 1 aromatic heterocycles. The minimum Gasteiger partial charge on any atom is -0.462 e. The van der Waals surface area contributed by atoms with Gasteiger partial charge in [0.25, 0.3) is 0 Å². The number of nitrogens with one attached hydrogen (secondary N) is 1. The molecule has 1 aromatic rings. The van der Waals surface area contributed by atoms with Gasteiger partial charge in [-0.05, 0) is 25.0 Å². The van der Waals surface area contributed by atoms with Gasteiger partial charge in [-0.3, -0.25) is 0 Å². The molecule has 0 spiro atoms. The van der Waals surface area contributed by atoms with Crippen LogP contribution in [0.4, 0.5) is 5.82 Å². The van der Waals surface area contributed by atoms with E-state index in [0.29, 0.717) is 5.82 Å². The van der Waals surface area contributed by atoms with Crippen molar-refractivity contribution in [2.24, 2.45) is 0 Å². The van der Waals surface area contributed by atoms with Crippen molar-refractivity contribution >= 4 is 11.8 Å². The van der Waals surface area contributed by atoms with E-state index >= 15 is 0 Å². The molecule has 0 fully saturated rings. The smallest absolute Gasteiger partial charge is 0.350 e. The van der Waals surface area contributed by atoms with E-state index in [0.717, 1.165) is 18.4 Å². The van der Waals surface area contributed by atoms with Crippen molar-refractivity contribution in [1.82, 2.24) is 4.98 Å². The van der Waals surface area contributed by atoms with Crippen molar-refractivity contribution in [1.29, 1.82) is 5.26 Å². The number of carbonyl (C=O) groups is 1. The third kappa shape index (κ3) is 4.43. The summed E-state index contributed by atoms with van der Waals surface area (Å²) in [5.41, 5.74) is 0.970. The topological polar surface area (TPSA) is 75.0 Å². The van der Waals surface area contributed by atoms with Crippen LogP contribution in [-0.4, -0.2) is 17.6 Å². The maximum atomic E-state index is 11.4. The number of esters is 1. The van der Waals surface area contributed by atoms with Crippen molar-refractivity contribution in [3.8, 4) is 6.07 Å². The minimum atomic E-state index is -0.634. The van der Waals surface area contributed by atoms with Crippen LogP contribution in [-0.2, 0) is 16.0 Å². The highest BCUT2D eigenvalue weighted by atomic mass is 16.5. The van der Waals surface area contributed by atoms with Crippen LogP contribution in [0.1, 0.15) is 25.8 Å². The number of anilines is 1. The van der Waals surface area contributed by atoms with E-state index in [2.05, 4.69) is 17.2 Å². The fraction of sp³-hybridized carbons (Fsp3) is 0.357.